The Kier molecular flexibility index (Phi) is 5.18. The molecule has 1 aliphatic rings. The number of thiophene rings is 1. The molecular weight excluding hydrogens is 410 g/mol. The summed E-state index contributed by atoms with van der Waals surface area (Å²) in [5, 5.41) is 8.05. The molecule has 0 aliphatic heterocycles. The van der Waals surface area contributed by atoms with Crippen LogP contribution < -0.4 is 10.0 Å². The largest absolute Gasteiger partial charge is 0.347 e. The van der Waals surface area contributed by atoms with E-state index in [4.69, 9.17) is 4.98 Å². The van der Waals surface area contributed by atoms with Crippen LogP contribution in [-0.2, 0) is 16.6 Å². The highest BCUT2D eigenvalue weighted by atomic mass is 32.2. The van der Waals surface area contributed by atoms with Gasteiger partial charge in [0.1, 0.15) is 4.21 Å². The van der Waals surface area contributed by atoms with Crippen molar-refractivity contribution in [2.45, 2.75) is 49.4 Å². The predicted molar refractivity (Wildman–Crippen MR) is 112 cm³/mol. The summed E-state index contributed by atoms with van der Waals surface area (Å²) in [6.07, 6.45) is 3.87. The highest BCUT2D eigenvalue weighted by Crippen LogP contribution is 2.40. The van der Waals surface area contributed by atoms with Gasteiger partial charge in [0.05, 0.1) is 23.7 Å². The smallest absolute Gasteiger partial charge is 0.252 e. The molecule has 4 rings (SSSR count). The highest BCUT2D eigenvalue weighted by molar-refractivity contribution is 7.91. The first kappa shape index (κ1) is 20.0. The van der Waals surface area contributed by atoms with Crippen LogP contribution in [0.25, 0.3) is 11.0 Å². The lowest BCUT2D eigenvalue weighted by molar-refractivity contribution is 0.0952. The summed E-state index contributed by atoms with van der Waals surface area (Å²) in [5.41, 5.74) is 2.22. The molecule has 3 aromatic heterocycles. The van der Waals surface area contributed by atoms with Crippen molar-refractivity contribution in [1.82, 2.24) is 24.8 Å². The number of hydrogen-bond donors (Lipinski definition) is 2. The van der Waals surface area contributed by atoms with Gasteiger partial charge in [0, 0.05) is 22.5 Å². The van der Waals surface area contributed by atoms with Gasteiger partial charge in [-0.15, -0.1) is 11.3 Å². The molecule has 0 atom stereocenters. The van der Waals surface area contributed by atoms with Crippen molar-refractivity contribution in [3.8, 4) is 0 Å². The van der Waals surface area contributed by atoms with Gasteiger partial charge in [-0.3, -0.25) is 4.79 Å². The van der Waals surface area contributed by atoms with E-state index in [1.165, 1.54) is 7.05 Å². The first-order valence-electron chi connectivity index (χ1n) is 9.48. The summed E-state index contributed by atoms with van der Waals surface area (Å²) in [4.78, 5) is 18.5. The summed E-state index contributed by atoms with van der Waals surface area (Å²) in [6.45, 7) is 4.32. The molecule has 3 heterocycles. The van der Waals surface area contributed by atoms with E-state index < -0.39 is 10.0 Å². The van der Waals surface area contributed by atoms with E-state index in [1.54, 1.807) is 18.3 Å². The van der Waals surface area contributed by atoms with Gasteiger partial charge < -0.3 is 5.32 Å². The molecule has 1 amide bonds. The van der Waals surface area contributed by atoms with Gasteiger partial charge in [-0.1, -0.05) is 0 Å². The fourth-order valence-corrected chi connectivity index (χ4v) is 5.29. The molecule has 0 aromatic carbocycles. The molecule has 0 spiro atoms. The number of carbonyl (C=O) groups is 1. The molecule has 1 fully saturated rings. The van der Waals surface area contributed by atoms with E-state index in [0.29, 0.717) is 11.5 Å². The van der Waals surface area contributed by atoms with Crippen LogP contribution in [0, 0.1) is 0 Å². The first-order valence-corrected chi connectivity index (χ1v) is 11.8. The van der Waals surface area contributed by atoms with E-state index in [-0.39, 0.29) is 22.7 Å². The van der Waals surface area contributed by atoms with Crippen LogP contribution in [0.1, 0.15) is 59.6 Å². The van der Waals surface area contributed by atoms with Crippen LogP contribution in [0.5, 0.6) is 0 Å². The fraction of sp³-hybridized carbons (Fsp3) is 0.421. The van der Waals surface area contributed by atoms with Crippen LogP contribution in [-0.4, -0.2) is 36.1 Å². The summed E-state index contributed by atoms with van der Waals surface area (Å²) in [6, 6.07) is 5.26. The standard InChI is InChI=1S/C19H23N5O3S2/c1-11(2)24-18-15(10-22-24)14(8-16(23-18)12-4-5-12)19(25)21-9-13-6-7-17(28-13)29(26,27)20-3/h6-8,10-12,20H,4-5,9H2,1-3H3,(H,21,25). The topological polar surface area (TPSA) is 106 Å². The zero-order valence-corrected chi connectivity index (χ0v) is 18.1. The van der Waals surface area contributed by atoms with E-state index in [2.05, 4.69) is 15.1 Å². The third-order valence-corrected chi connectivity index (χ3v) is 7.90. The van der Waals surface area contributed by atoms with E-state index in [9.17, 15) is 13.2 Å². The average Bonchev–Trinajstić information content (AvgIpc) is 3.26. The molecule has 29 heavy (non-hydrogen) atoms. The molecule has 0 radical (unpaired) electrons. The van der Waals surface area contributed by atoms with Gasteiger partial charge in [0.15, 0.2) is 5.65 Å². The second-order valence-electron chi connectivity index (χ2n) is 7.40. The van der Waals surface area contributed by atoms with Crippen LogP contribution in [0.4, 0.5) is 0 Å². The van der Waals surface area contributed by atoms with Gasteiger partial charge in [0.2, 0.25) is 10.0 Å². The van der Waals surface area contributed by atoms with Crippen molar-refractivity contribution >= 4 is 38.3 Å². The molecule has 1 aliphatic carbocycles. The molecule has 8 nitrogen and oxygen atoms in total. The van der Waals surface area contributed by atoms with Gasteiger partial charge in [-0.2, -0.15) is 5.10 Å². The van der Waals surface area contributed by atoms with Crippen molar-refractivity contribution in [2.75, 3.05) is 7.05 Å². The van der Waals surface area contributed by atoms with Crippen LogP contribution in [0.15, 0.2) is 28.6 Å². The summed E-state index contributed by atoms with van der Waals surface area (Å²) in [7, 11) is -2.10. The van der Waals surface area contributed by atoms with Crippen LogP contribution in [0.3, 0.4) is 0 Å². The van der Waals surface area contributed by atoms with E-state index in [1.807, 2.05) is 24.6 Å². The summed E-state index contributed by atoms with van der Waals surface area (Å²) in [5.74, 6) is 0.196. The zero-order chi connectivity index (χ0) is 20.8. The average molecular weight is 434 g/mol. The maximum atomic E-state index is 13.0. The zero-order valence-electron chi connectivity index (χ0n) is 16.5. The lowest BCUT2D eigenvalue weighted by atomic mass is 10.1. The quantitative estimate of drug-likeness (QED) is 0.596. The number of aromatic nitrogens is 3. The summed E-state index contributed by atoms with van der Waals surface area (Å²) < 4.78 is 28.1. The van der Waals surface area contributed by atoms with E-state index in [0.717, 1.165) is 45.8 Å². The highest BCUT2D eigenvalue weighted by Gasteiger charge is 2.28. The maximum absolute atomic E-state index is 13.0. The van der Waals surface area contributed by atoms with Crippen LogP contribution >= 0.6 is 11.3 Å². The molecule has 0 bridgehead atoms. The minimum absolute atomic E-state index is 0.143. The van der Waals surface area contributed by atoms with Gasteiger partial charge in [-0.05, 0) is 51.9 Å². The number of sulfonamides is 1. The third-order valence-electron chi connectivity index (χ3n) is 4.91. The molecule has 3 aromatic rings. The maximum Gasteiger partial charge on any atom is 0.252 e. The van der Waals surface area contributed by atoms with Crippen molar-refractivity contribution in [1.29, 1.82) is 0 Å². The molecule has 1 saturated carbocycles. The minimum atomic E-state index is -3.47. The minimum Gasteiger partial charge on any atom is -0.347 e. The van der Waals surface area contributed by atoms with Crippen molar-refractivity contribution in [3.05, 3.63) is 40.5 Å². The summed E-state index contributed by atoms with van der Waals surface area (Å²) >= 11 is 1.14. The molecule has 154 valence electrons. The number of nitrogens with zero attached hydrogens (tertiary/aromatic N) is 3. The molecular formula is C19H23N5O3S2. The molecule has 10 heteroatoms. The lowest BCUT2D eigenvalue weighted by Gasteiger charge is -2.10. The number of fused-ring (bicyclic) bond motifs is 1. The van der Waals surface area contributed by atoms with Crippen molar-refractivity contribution in [3.63, 3.8) is 0 Å². The Morgan fingerprint density at radius 1 is 1.34 bits per heavy atom. The molecule has 0 unspecified atom stereocenters. The molecule has 0 saturated heterocycles. The van der Waals surface area contributed by atoms with E-state index >= 15 is 0 Å². The van der Waals surface area contributed by atoms with Crippen LogP contribution in [0.2, 0.25) is 0 Å². The fourth-order valence-electron chi connectivity index (χ4n) is 3.15. The Morgan fingerprint density at radius 3 is 2.76 bits per heavy atom. The Labute approximate surface area is 173 Å². The van der Waals surface area contributed by atoms with Crippen molar-refractivity contribution < 1.29 is 13.2 Å². The Balaban J connectivity index is 1.60. The number of amides is 1. The number of carbonyl (C=O) groups excluding carboxylic acids is 1. The Bertz CT molecular complexity index is 1180. The number of hydrogen-bond acceptors (Lipinski definition) is 6. The SMILES string of the molecule is CNS(=O)(=O)c1ccc(CNC(=O)c2cc(C3CC3)nc3c2cnn3C(C)C)s1. The normalized spacial score (nSPS) is 14.6. The predicted octanol–water partition coefficient (Wildman–Crippen LogP) is 2.79. The van der Waals surface area contributed by atoms with Gasteiger partial charge in [0.25, 0.3) is 5.91 Å². The Hall–Kier alpha value is -2.30. The van der Waals surface area contributed by atoms with Gasteiger partial charge >= 0.3 is 0 Å². The second-order valence-corrected chi connectivity index (χ2v) is 10.7. The Morgan fingerprint density at radius 2 is 2.10 bits per heavy atom. The monoisotopic (exact) mass is 433 g/mol. The number of rotatable bonds is 7. The first-order chi connectivity index (χ1) is 13.8. The second kappa shape index (κ2) is 7.51. The number of nitrogens with one attached hydrogen (secondary N) is 2. The lowest BCUT2D eigenvalue weighted by Crippen LogP contribution is -2.23. The molecule has 2 N–H and O–H groups in total. The van der Waals surface area contributed by atoms with Gasteiger partial charge in [-0.25, -0.2) is 22.8 Å². The third kappa shape index (κ3) is 3.92. The number of pyridine rings is 1. The van der Waals surface area contributed by atoms with Crippen molar-refractivity contribution in [2.24, 2.45) is 0 Å².